The lowest BCUT2D eigenvalue weighted by Gasteiger charge is -2.06. The highest BCUT2D eigenvalue weighted by Crippen LogP contribution is 2.36. The zero-order chi connectivity index (χ0) is 25.2. The number of carbonyl (C=O) groups excluding carboxylic acids is 2. The summed E-state index contributed by atoms with van der Waals surface area (Å²) in [6, 6.07) is 10.0. The van der Waals surface area contributed by atoms with Gasteiger partial charge in [0, 0.05) is 52.5 Å². The first-order valence-corrected chi connectivity index (χ1v) is 12.8. The fraction of sp³-hybridized carbons (Fsp3) is 0.280. The summed E-state index contributed by atoms with van der Waals surface area (Å²) in [5.74, 6) is 0.139. The van der Waals surface area contributed by atoms with Crippen molar-refractivity contribution in [3.63, 3.8) is 0 Å². The molecule has 1 aliphatic rings. The van der Waals surface area contributed by atoms with E-state index in [4.69, 9.17) is 14.6 Å². The number of carbonyl (C=O) groups is 2. The second-order valence-corrected chi connectivity index (χ2v) is 9.75. The lowest BCUT2D eigenvalue weighted by atomic mass is 10.0. The third kappa shape index (κ3) is 5.23. The summed E-state index contributed by atoms with van der Waals surface area (Å²) in [4.78, 5) is 24.3. The van der Waals surface area contributed by atoms with Crippen LogP contribution in [0.5, 0.6) is 5.75 Å². The van der Waals surface area contributed by atoms with Crippen molar-refractivity contribution in [1.29, 1.82) is 0 Å². The average Bonchev–Trinajstić information content (AvgIpc) is 3.32. The number of sulfonamides is 1. The van der Waals surface area contributed by atoms with Gasteiger partial charge in [-0.05, 0) is 62.2 Å². The van der Waals surface area contributed by atoms with Crippen molar-refractivity contribution < 1.29 is 27.5 Å². The Labute approximate surface area is 203 Å². The number of esters is 1. The summed E-state index contributed by atoms with van der Waals surface area (Å²) >= 11 is 0. The average molecular weight is 498 g/mol. The van der Waals surface area contributed by atoms with E-state index >= 15 is 0 Å². The Morgan fingerprint density at radius 1 is 1.17 bits per heavy atom. The highest BCUT2D eigenvalue weighted by molar-refractivity contribution is 7.89. The summed E-state index contributed by atoms with van der Waals surface area (Å²) in [7, 11) is -2.34. The van der Waals surface area contributed by atoms with E-state index in [1.54, 1.807) is 20.1 Å². The number of ether oxygens (including phenoxy) is 2. The molecule has 0 radical (unpaired) electrons. The van der Waals surface area contributed by atoms with Crippen LogP contribution in [0.3, 0.4) is 0 Å². The van der Waals surface area contributed by atoms with E-state index in [1.165, 1.54) is 18.2 Å². The molecule has 0 aliphatic carbocycles. The number of nitrogens with zero attached hydrogens (tertiary/aromatic N) is 1. The van der Waals surface area contributed by atoms with Crippen LogP contribution in [0.2, 0.25) is 0 Å². The summed E-state index contributed by atoms with van der Waals surface area (Å²) < 4.78 is 36.1. The number of aryl methyl sites for hydroxylation is 1. The molecule has 4 rings (SSSR count). The number of hydrogen-bond acceptors (Lipinski definition) is 6. The molecule has 3 aromatic rings. The van der Waals surface area contributed by atoms with E-state index < -0.39 is 10.0 Å². The minimum absolute atomic E-state index is 0.0654. The van der Waals surface area contributed by atoms with E-state index in [0.29, 0.717) is 48.6 Å². The minimum Gasteiger partial charge on any atom is -0.497 e. The molecular formula is C25H27N3O6S. The zero-order valence-corrected chi connectivity index (χ0v) is 20.4. The molecule has 0 saturated heterocycles. The number of amides is 1. The van der Waals surface area contributed by atoms with Crippen molar-refractivity contribution in [2.24, 2.45) is 5.14 Å². The SMILES string of the molecule is CCOC(=O)CCCCn1cc(/C=C2\C(=O)Nc3ccc(S(N)(=O)=O)cc32)c2cc(OC)ccc21. The van der Waals surface area contributed by atoms with E-state index in [9.17, 15) is 18.0 Å². The van der Waals surface area contributed by atoms with Gasteiger partial charge in [-0.1, -0.05) is 0 Å². The van der Waals surface area contributed by atoms with E-state index in [0.717, 1.165) is 22.9 Å². The van der Waals surface area contributed by atoms with Crippen LogP contribution in [-0.2, 0) is 30.9 Å². The number of anilines is 1. The van der Waals surface area contributed by atoms with Gasteiger partial charge in [-0.2, -0.15) is 0 Å². The Kier molecular flexibility index (Phi) is 6.95. The predicted octanol–water partition coefficient (Wildman–Crippen LogP) is 3.52. The predicted molar refractivity (Wildman–Crippen MR) is 133 cm³/mol. The van der Waals surface area contributed by atoms with Gasteiger partial charge in [0.2, 0.25) is 10.0 Å². The fourth-order valence-corrected chi connectivity index (χ4v) is 4.70. The molecule has 0 atom stereocenters. The molecule has 1 amide bonds. The van der Waals surface area contributed by atoms with Crippen LogP contribution in [0.4, 0.5) is 5.69 Å². The van der Waals surface area contributed by atoms with Crippen molar-refractivity contribution >= 4 is 50.1 Å². The molecular weight excluding hydrogens is 470 g/mol. The highest BCUT2D eigenvalue weighted by Gasteiger charge is 2.26. The molecule has 0 spiro atoms. The standard InChI is InChI=1S/C25H27N3O6S/c1-3-34-24(29)6-4-5-11-28-15-16(19-13-17(33-2)7-10-23(19)28)12-21-20-14-18(35(26,31)32)8-9-22(20)27-25(21)30/h7-10,12-15H,3-6,11H2,1-2H3,(H,27,30)(H2,26,31,32)/b21-12-. The maximum Gasteiger partial charge on any atom is 0.305 e. The number of primary sulfonamides is 1. The maximum absolute atomic E-state index is 12.8. The Hall–Kier alpha value is -3.63. The number of methoxy groups -OCH3 is 1. The quantitative estimate of drug-likeness (QED) is 0.264. The zero-order valence-electron chi connectivity index (χ0n) is 19.5. The van der Waals surface area contributed by atoms with Crippen LogP contribution in [0.15, 0.2) is 47.5 Å². The number of benzene rings is 2. The van der Waals surface area contributed by atoms with Gasteiger partial charge in [-0.3, -0.25) is 9.59 Å². The Morgan fingerprint density at radius 3 is 2.69 bits per heavy atom. The van der Waals surface area contributed by atoms with E-state index in [-0.39, 0.29) is 16.8 Å². The topological polar surface area (TPSA) is 130 Å². The van der Waals surface area contributed by atoms with Gasteiger partial charge in [0.15, 0.2) is 0 Å². The number of nitrogens with two attached hydrogens (primary N) is 1. The van der Waals surface area contributed by atoms with Gasteiger partial charge >= 0.3 is 5.97 Å². The number of rotatable bonds is 9. The molecule has 35 heavy (non-hydrogen) atoms. The molecule has 3 N–H and O–H groups in total. The first-order chi connectivity index (χ1) is 16.7. The molecule has 1 aliphatic heterocycles. The highest BCUT2D eigenvalue weighted by atomic mass is 32.2. The molecule has 9 nitrogen and oxygen atoms in total. The van der Waals surface area contributed by atoms with Crippen molar-refractivity contribution in [1.82, 2.24) is 4.57 Å². The molecule has 1 aromatic heterocycles. The lowest BCUT2D eigenvalue weighted by molar-refractivity contribution is -0.143. The Morgan fingerprint density at radius 2 is 1.97 bits per heavy atom. The van der Waals surface area contributed by atoms with Crippen LogP contribution in [0.25, 0.3) is 22.6 Å². The normalized spacial score (nSPS) is 14.3. The molecule has 184 valence electrons. The number of aromatic nitrogens is 1. The third-order valence-electron chi connectivity index (χ3n) is 5.86. The Balaban J connectivity index is 1.70. The van der Waals surface area contributed by atoms with Crippen molar-refractivity contribution in [2.45, 2.75) is 37.6 Å². The van der Waals surface area contributed by atoms with Gasteiger partial charge in [0.1, 0.15) is 5.75 Å². The number of nitrogens with one attached hydrogen (secondary N) is 1. The summed E-state index contributed by atoms with van der Waals surface area (Å²) in [6.45, 7) is 2.83. The maximum atomic E-state index is 12.8. The minimum atomic E-state index is -3.92. The second-order valence-electron chi connectivity index (χ2n) is 8.19. The monoisotopic (exact) mass is 497 g/mol. The van der Waals surface area contributed by atoms with Gasteiger partial charge in [0.25, 0.3) is 5.91 Å². The largest absolute Gasteiger partial charge is 0.497 e. The van der Waals surface area contributed by atoms with Crippen molar-refractivity contribution in [3.8, 4) is 5.75 Å². The molecule has 0 saturated carbocycles. The summed E-state index contributed by atoms with van der Waals surface area (Å²) in [5, 5.41) is 8.94. The number of fused-ring (bicyclic) bond motifs is 2. The molecule has 0 unspecified atom stereocenters. The molecule has 2 heterocycles. The summed E-state index contributed by atoms with van der Waals surface area (Å²) in [5.41, 5.74) is 3.07. The van der Waals surface area contributed by atoms with Gasteiger partial charge in [0.05, 0.1) is 18.6 Å². The molecule has 2 aromatic carbocycles. The van der Waals surface area contributed by atoms with Gasteiger partial charge in [-0.15, -0.1) is 0 Å². The van der Waals surface area contributed by atoms with Gasteiger partial charge in [-0.25, -0.2) is 13.6 Å². The smallest absolute Gasteiger partial charge is 0.305 e. The van der Waals surface area contributed by atoms with E-state index in [2.05, 4.69) is 9.88 Å². The van der Waals surface area contributed by atoms with Crippen LogP contribution in [-0.4, -0.2) is 38.6 Å². The van der Waals surface area contributed by atoms with Crippen LogP contribution >= 0.6 is 0 Å². The first kappa shape index (κ1) is 24.5. The van der Waals surface area contributed by atoms with Crippen LogP contribution in [0, 0.1) is 0 Å². The lowest BCUT2D eigenvalue weighted by Crippen LogP contribution is -2.12. The molecule has 10 heteroatoms. The van der Waals surface area contributed by atoms with Gasteiger partial charge < -0.3 is 19.4 Å². The van der Waals surface area contributed by atoms with E-state index in [1.807, 2.05) is 24.4 Å². The Bertz CT molecular complexity index is 1440. The molecule has 0 bridgehead atoms. The summed E-state index contributed by atoms with van der Waals surface area (Å²) in [6.07, 6.45) is 5.51. The fourth-order valence-electron chi connectivity index (χ4n) is 4.16. The second kappa shape index (κ2) is 9.93. The first-order valence-electron chi connectivity index (χ1n) is 11.2. The number of unbranched alkanes of at least 4 members (excludes halogenated alkanes) is 1. The van der Waals surface area contributed by atoms with Crippen LogP contribution < -0.4 is 15.2 Å². The van der Waals surface area contributed by atoms with Crippen molar-refractivity contribution in [3.05, 3.63) is 53.7 Å². The number of hydrogen-bond donors (Lipinski definition) is 2. The third-order valence-corrected chi connectivity index (χ3v) is 6.77. The van der Waals surface area contributed by atoms with Crippen LogP contribution in [0.1, 0.15) is 37.3 Å². The van der Waals surface area contributed by atoms with Crippen molar-refractivity contribution in [2.75, 3.05) is 19.0 Å². The molecule has 0 fully saturated rings.